The van der Waals surface area contributed by atoms with E-state index in [0.29, 0.717) is 49.8 Å². The number of hydrogen-bond acceptors (Lipinski definition) is 7. The van der Waals surface area contributed by atoms with Crippen LogP contribution in [-0.2, 0) is 9.59 Å². The maximum Gasteiger partial charge on any atom is 0.273 e. The number of hydrogen-bond donors (Lipinski definition) is 4. The Morgan fingerprint density at radius 1 is 1.11 bits per heavy atom. The van der Waals surface area contributed by atoms with E-state index in [2.05, 4.69) is 15.8 Å². The lowest BCUT2D eigenvalue weighted by molar-refractivity contribution is -0.132. The zero-order valence-electron chi connectivity index (χ0n) is 22.4. The molecule has 2 aromatic rings. The van der Waals surface area contributed by atoms with Gasteiger partial charge in [-0.3, -0.25) is 14.4 Å². The number of aryl methyl sites for hydroxylation is 2. The lowest BCUT2D eigenvalue weighted by Crippen LogP contribution is -2.47. The van der Waals surface area contributed by atoms with E-state index in [1.165, 1.54) is 5.56 Å². The lowest BCUT2D eigenvalue weighted by Gasteiger charge is -2.32. The molecule has 204 valence electrons. The molecular formula is C27H41N5O5. The molecule has 0 spiro atoms. The zero-order chi connectivity index (χ0) is 27.4. The van der Waals surface area contributed by atoms with Gasteiger partial charge in [0.25, 0.3) is 5.91 Å². The summed E-state index contributed by atoms with van der Waals surface area (Å²) in [5.74, 6) is 1.09. The van der Waals surface area contributed by atoms with Crippen LogP contribution in [0.25, 0.3) is 0 Å². The van der Waals surface area contributed by atoms with Crippen LogP contribution in [0.1, 0.15) is 79.2 Å². The summed E-state index contributed by atoms with van der Waals surface area (Å²) in [6, 6.07) is 7.30. The van der Waals surface area contributed by atoms with E-state index in [0.717, 1.165) is 24.2 Å². The number of nitrogens with two attached hydrogens (primary N) is 1. The number of likely N-dealkylation sites (tertiary alicyclic amines) is 1. The molecule has 1 aromatic heterocycles. The quantitative estimate of drug-likeness (QED) is 0.443. The van der Waals surface area contributed by atoms with Crippen molar-refractivity contribution in [3.05, 3.63) is 46.8 Å². The molecule has 1 saturated carbocycles. The molecule has 1 aromatic carbocycles. The van der Waals surface area contributed by atoms with Crippen molar-refractivity contribution in [1.82, 2.24) is 20.7 Å². The number of aromatic hydroxyl groups is 1. The molecule has 37 heavy (non-hydrogen) atoms. The molecular weight excluding hydrogens is 474 g/mol. The van der Waals surface area contributed by atoms with Gasteiger partial charge >= 0.3 is 0 Å². The molecule has 10 heteroatoms. The molecule has 4 rings (SSSR count). The summed E-state index contributed by atoms with van der Waals surface area (Å²) < 4.78 is 5.21. The Morgan fingerprint density at radius 2 is 1.78 bits per heavy atom. The van der Waals surface area contributed by atoms with Crippen molar-refractivity contribution >= 4 is 17.7 Å². The number of rotatable bonds is 7. The Hall–Kier alpha value is -3.40. The van der Waals surface area contributed by atoms with Crippen LogP contribution in [0.15, 0.2) is 28.8 Å². The molecule has 1 aliphatic carbocycles. The van der Waals surface area contributed by atoms with Crippen molar-refractivity contribution in [2.24, 2.45) is 5.73 Å². The summed E-state index contributed by atoms with van der Waals surface area (Å²) in [6.45, 7) is 9.28. The third-order valence-corrected chi connectivity index (χ3v) is 6.12. The molecule has 0 bridgehead atoms. The van der Waals surface area contributed by atoms with Gasteiger partial charge in [-0.15, -0.1) is 0 Å². The lowest BCUT2D eigenvalue weighted by atomic mass is 10.0. The first-order valence-electron chi connectivity index (χ1n) is 13.0. The standard InChI is InChI=1S/C17H25N5O4.C8H10O.C2H6/c18-10-15(23)19-6-3-16(24)22-7-4-12(5-8-22)20-17(25)13-9-14(26-21-13)11-1-2-11;1-6-3-4-8(9)7(2)5-6;1-2/h9,11-12H,1-8,10,18H2,(H,19,23)(H,20,25);3-5,9H,1-2H3;1-2H3. The van der Waals surface area contributed by atoms with Crippen molar-refractivity contribution < 1.29 is 24.0 Å². The van der Waals surface area contributed by atoms with Crippen molar-refractivity contribution in [2.45, 2.75) is 71.8 Å². The molecule has 2 fully saturated rings. The monoisotopic (exact) mass is 515 g/mol. The molecule has 0 radical (unpaired) electrons. The maximum atomic E-state index is 12.3. The van der Waals surface area contributed by atoms with Gasteiger partial charge in [0, 0.05) is 44.1 Å². The van der Waals surface area contributed by atoms with E-state index in [1.807, 2.05) is 39.8 Å². The average Bonchev–Trinajstić information content (AvgIpc) is 3.64. The van der Waals surface area contributed by atoms with Crippen LogP contribution in [0.5, 0.6) is 5.75 Å². The third-order valence-electron chi connectivity index (χ3n) is 6.12. The van der Waals surface area contributed by atoms with Crippen LogP contribution in [0.4, 0.5) is 0 Å². The number of phenolic OH excluding ortho intramolecular Hbond substituents is 1. The molecule has 0 unspecified atom stereocenters. The van der Waals surface area contributed by atoms with Crippen LogP contribution >= 0.6 is 0 Å². The van der Waals surface area contributed by atoms with Gasteiger partial charge in [0.15, 0.2) is 5.69 Å². The molecule has 1 aliphatic heterocycles. The number of carbonyl (C=O) groups is 3. The second-order valence-corrected chi connectivity index (χ2v) is 9.11. The van der Waals surface area contributed by atoms with E-state index < -0.39 is 0 Å². The van der Waals surface area contributed by atoms with Crippen molar-refractivity contribution in [3.63, 3.8) is 0 Å². The second kappa shape index (κ2) is 15.0. The summed E-state index contributed by atoms with van der Waals surface area (Å²) in [5.41, 5.74) is 7.64. The first-order valence-corrected chi connectivity index (χ1v) is 13.0. The predicted octanol–water partition coefficient (Wildman–Crippen LogP) is 2.77. The number of aromatic nitrogens is 1. The number of piperidine rings is 1. The molecule has 3 amide bonds. The normalized spacial score (nSPS) is 15.0. The predicted molar refractivity (Wildman–Crippen MR) is 141 cm³/mol. The first-order chi connectivity index (χ1) is 17.8. The molecule has 1 saturated heterocycles. The second-order valence-electron chi connectivity index (χ2n) is 9.11. The van der Waals surface area contributed by atoms with Gasteiger partial charge in [-0.2, -0.15) is 0 Å². The highest BCUT2D eigenvalue weighted by molar-refractivity contribution is 5.92. The highest BCUT2D eigenvalue weighted by Gasteiger charge is 2.30. The number of nitrogens with zero attached hydrogens (tertiary/aromatic N) is 2. The van der Waals surface area contributed by atoms with Gasteiger partial charge in [0.2, 0.25) is 11.8 Å². The summed E-state index contributed by atoms with van der Waals surface area (Å²) in [4.78, 5) is 37.2. The van der Waals surface area contributed by atoms with Gasteiger partial charge in [-0.05, 0) is 51.2 Å². The van der Waals surface area contributed by atoms with E-state index >= 15 is 0 Å². The maximum absolute atomic E-state index is 12.3. The van der Waals surface area contributed by atoms with Crippen molar-refractivity contribution in [2.75, 3.05) is 26.2 Å². The number of nitrogens with one attached hydrogen (secondary N) is 2. The topological polar surface area (TPSA) is 151 Å². The summed E-state index contributed by atoms with van der Waals surface area (Å²) in [5, 5.41) is 18.4. The summed E-state index contributed by atoms with van der Waals surface area (Å²) in [6.07, 6.45) is 3.84. The van der Waals surface area contributed by atoms with Crippen LogP contribution in [0, 0.1) is 13.8 Å². The molecule has 10 nitrogen and oxygen atoms in total. The van der Waals surface area contributed by atoms with Gasteiger partial charge in [0.1, 0.15) is 11.5 Å². The van der Waals surface area contributed by atoms with Gasteiger partial charge in [-0.1, -0.05) is 36.7 Å². The smallest absolute Gasteiger partial charge is 0.273 e. The van der Waals surface area contributed by atoms with Crippen LogP contribution in [0.3, 0.4) is 0 Å². The summed E-state index contributed by atoms with van der Waals surface area (Å²) in [7, 11) is 0. The number of phenols is 1. The fraction of sp³-hybridized carbons (Fsp3) is 0.556. The minimum atomic E-state index is -0.267. The average molecular weight is 516 g/mol. The highest BCUT2D eigenvalue weighted by atomic mass is 16.5. The highest BCUT2D eigenvalue weighted by Crippen LogP contribution is 2.40. The zero-order valence-corrected chi connectivity index (χ0v) is 22.4. The Labute approximate surface area is 219 Å². The van der Waals surface area contributed by atoms with Gasteiger partial charge in [-0.25, -0.2) is 0 Å². The minimum absolute atomic E-state index is 0.00215. The third kappa shape index (κ3) is 9.87. The molecule has 2 aliphatic rings. The van der Waals surface area contributed by atoms with Crippen LogP contribution < -0.4 is 16.4 Å². The van der Waals surface area contributed by atoms with Crippen LogP contribution in [-0.4, -0.2) is 65.1 Å². The Morgan fingerprint density at radius 3 is 2.35 bits per heavy atom. The molecule has 5 N–H and O–H groups in total. The Kier molecular flexibility index (Phi) is 12.1. The first kappa shape index (κ1) is 29.8. The largest absolute Gasteiger partial charge is 0.508 e. The van der Waals surface area contributed by atoms with Crippen LogP contribution in [0.2, 0.25) is 0 Å². The Bertz CT molecular complexity index is 1030. The fourth-order valence-electron chi connectivity index (χ4n) is 3.83. The van der Waals surface area contributed by atoms with E-state index in [9.17, 15) is 14.4 Å². The molecule has 2 heterocycles. The van der Waals surface area contributed by atoms with E-state index in [-0.39, 0.29) is 36.7 Å². The summed E-state index contributed by atoms with van der Waals surface area (Å²) >= 11 is 0. The number of carbonyl (C=O) groups excluding carboxylic acids is 3. The van der Waals surface area contributed by atoms with Crippen molar-refractivity contribution in [1.29, 1.82) is 0 Å². The molecule has 0 atom stereocenters. The SMILES string of the molecule is CC.Cc1ccc(O)c(C)c1.NCC(=O)NCCC(=O)N1CCC(NC(=O)c2cc(C3CC3)on2)CC1. The van der Waals surface area contributed by atoms with Gasteiger partial charge in [0.05, 0.1) is 6.54 Å². The minimum Gasteiger partial charge on any atom is -0.508 e. The van der Waals surface area contributed by atoms with E-state index in [4.69, 9.17) is 15.4 Å². The Balaban J connectivity index is 0.000000367. The number of benzene rings is 1. The number of amides is 3. The van der Waals surface area contributed by atoms with Gasteiger partial charge < -0.3 is 30.9 Å². The van der Waals surface area contributed by atoms with Crippen molar-refractivity contribution in [3.8, 4) is 5.75 Å². The van der Waals surface area contributed by atoms with E-state index in [1.54, 1.807) is 17.0 Å². The fourth-order valence-corrected chi connectivity index (χ4v) is 3.83.